The monoisotopic (exact) mass is 352 g/mol. The van der Waals surface area contributed by atoms with Crippen LogP contribution in [-0.2, 0) is 0 Å². The number of hydrogen-bond acceptors (Lipinski definition) is 8. The molecule has 0 unspecified atom stereocenters. The summed E-state index contributed by atoms with van der Waals surface area (Å²) >= 11 is 2.66. The van der Waals surface area contributed by atoms with Crippen molar-refractivity contribution in [2.45, 2.75) is 4.34 Å². The largest absolute Gasteiger partial charge is 0.490 e. The molecule has 23 heavy (non-hydrogen) atoms. The van der Waals surface area contributed by atoms with Gasteiger partial charge in [0.2, 0.25) is 5.13 Å². The molecule has 1 amide bonds. The Kier molecular flexibility index (Phi) is 5.66. The first kappa shape index (κ1) is 16.9. The standard InChI is InChI=1S/C13H12N4O4S2/c1-3-6-22-13-16-15-12(23-13)14-11(18)8-4-5-10(21-2)9(7-8)17(19)20/h3-5,7H,1,6H2,2H3,(H,14,15,18). The molecule has 0 saturated carbocycles. The zero-order valence-corrected chi connectivity index (χ0v) is 13.6. The van der Waals surface area contributed by atoms with Gasteiger partial charge in [0.15, 0.2) is 10.1 Å². The number of aromatic nitrogens is 2. The van der Waals surface area contributed by atoms with Gasteiger partial charge in [0.25, 0.3) is 5.91 Å². The molecule has 0 fully saturated rings. The van der Waals surface area contributed by atoms with Crippen molar-refractivity contribution in [3.63, 3.8) is 0 Å². The molecular formula is C13H12N4O4S2. The Morgan fingerprint density at radius 3 is 3.00 bits per heavy atom. The second-order valence-electron chi connectivity index (χ2n) is 4.07. The summed E-state index contributed by atoms with van der Waals surface area (Å²) in [7, 11) is 1.33. The van der Waals surface area contributed by atoms with Crippen LogP contribution >= 0.6 is 23.1 Å². The predicted octanol–water partition coefficient (Wildman–Crippen LogP) is 2.99. The van der Waals surface area contributed by atoms with Gasteiger partial charge >= 0.3 is 5.69 Å². The molecule has 120 valence electrons. The van der Waals surface area contributed by atoms with Crippen molar-refractivity contribution in [1.82, 2.24) is 10.2 Å². The Hall–Kier alpha value is -2.46. The van der Waals surface area contributed by atoms with Gasteiger partial charge in [-0.3, -0.25) is 20.2 Å². The van der Waals surface area contributed by atoms with Gasteiger partial charge in [-0.15, -0.1) is 16.8 Å². The summed E-state index contributed by atoms with van der Waals surface area (Å²) in [5.41, 5.74) is -0.146. The average molecular weight is 352 g/mol. The number of methoxy groups -OCH3 is 1. The van der Waals surface area contributed by atoms with Gasteiger partial charge in [-0.1, -0.05) is 29.2 Å². The third-order valence-electron chi connectivity index (χ3n) is 2.59. The molecule has 0 spiro atoms. The molecule has 1 N–H and O–H groups in total. The number of carbonyl (C=O) groups excluding carboxylic acids is 1. The Morgan fingerprint density at radius 1 is 1.57 bits per heavy atom. The fraction of sp³-hybridized carbons (Fsp3) is 0.154. The molecule has 0 aliphatic carbocycles. The SMILES string of the molecule is C=CCSc1nnc(NC(=O)c2ccc(OC)c([N+](=O)[O-])c2)s1. The number of rotatable bonds is 7. The Labute approximate surface area is 139 Å². The van der Waals surface area contributed by atoms with E-state index in [9.17, 15) is 14.9 Å². The second kappa shape index (κ2) is 7.70. The third-order valence-corrected chi connectivity index (χ3v) is 4.56. The van der Waals surface area contributed by atoms with Crippen molar-refractivity contribution in [2.24, 2.45) is 0 Å². The van der Waals surface area contributed by atoms with Crippen LogP contribution < -0.4 is 10.1 Å². The molecule has 0 bridgehead atoms. The first-order valence-electron chi connectivity index (χ1n) is 6.26. The normalized spacial score (nSPS) is 10.1. The van der Waals surface area contributed by atoms with Crippen molar-refractivity contribution < 1.29 is 14.5 Å². The van der Waals surface area contributed by atoms with E-state index < -0.39 is 10.8 Å². The van der Waals surface area contributed by atoms with Crippen LogP contribution in [0.25, 0.3) is 0 Å². The van der Waals surface area contributed by atoms with Gasteiger partial charge in [-0.2, -0.15) is 0 Å². The summed E-state index contributed by atoms with van der Waals surface area (Å²) in [6.45, 7) is 3.61. The van der Waals surface area contributed by atoms with E-state index >= 15 is 0 Å². The van der Waals surface area contributed by atoms with Crippen LogP contribution in [-0.4, -0.2) is 33.9 Å². The lowest BCUT2D eigenvalue weighted by atomic mass is 10.2. The average Bonchev–Trinajstić information content (AvgIpc) is 2.99. The molecule has 10 heteroatoms. The summed E-state index contributed by atoms with van der Waals surface area (Å²) in [5, 5.41) is 21.6. The fourth-order valence-corrected chi connectivity index (χ4v) is 3.10. The minimum atomic E-state index is -0.607. The quantitative estimate of drug-likeness (QED) is 0.268. The van der Waals surface area contributed by atoms with Gasteiger partial charge in [0.05, 0.1) is 12.0 Å². The topological polar surface area (TPSA) is 107 Å². The number of carbonyl (C=O) groups is 1. The molecule has 1 aromatic carbocycles. The summed E-state index contributed by atoms with van der Waals surface area (Å²) in [6, 6.07) is 3.97. The van der Waals surface area contributed by atoms with Gasteiger partial charge in [-0.05, 0) is 12.1 Å². The zero-order valence-electron chi connectivity index (χ0n) is 12.0. The van der Waals surface area contributed by atoms with E-state index in [4.69, 9.17) is 4.74 Å². The van der Waals surface area contributed by atoms with Gasteiger partial charge in [0, 0.05) is 17.4 Å². The number of thioether (sulfide) groups is 1. The Morgan fingerprint density at radius 2 is 2.35 bits per heavy atom. The highest BCUT2D eigenvalue weighted by molar-refractivity contribution is 8.01. The predicted molar refractivity (Wildman–Crippen MR) is 88.4 cm³/mol. The molecule has 1 aromatic heterocycles. The number of nitrogens with zero attached hydrogens (tertiary/aromatic N) is 3. The molecule has 1 heterocycles. The van der Waals surface area contributed by atoms with Crippen molar-refractivity contribution in [1.29, 1.82) is 0 Å². The molecule has 2 aromatic rings. The summed E-state index contributed by atoms with van der Waals surface area (Å²) in [5.74, 6) is 0.269. The van der Waals surface area contributed by atoms with Crippen LogP contribution in [0.5, 0.6) is 5.75 Å². The Bertz CT molecular complexity index is 747. The molecule has 0 saturated heterocycles. The van der Waals surface area contributed by atoms with Crippen LogP contribution in [0.15, 0.2) is 35.2 Å². The number of nitro benzene ring substituents is 1. The molecule has 0 aliphatic rings. The van der Waals surface area contributed by atoms with Crippen molar-refractivity contribution in [3.05, 3.63) is 46.5 Å². The number of anilines is 1. The zero-order chi connectivity index (χ0) is 16.8. The highest BCUT2D eigenvalue weighted by Crippen LogP contribution is 2.29. The number of ether oxygens (including phenoxy) is 1. The number of benzene rings is 1. The number of nitro groups is 1. The van der Waals surface area contributed by atoms with E-state index in [1.165, 1.54) is 42.3 Å². The smallest absolute Gasteiger partial charge is 0.311 e. The third kappa shape index (κ3) is 4.27. The van der Waals surface area contributed by atoms with Gasteiger partial charge < -0.3 is 4.74 Å². The van der Waals surface area contributed by atoms with E-state index in [0.717, 1.165) is 6.07 Å². The van der Waals surface area contributed by atoms with Crippen LogP contribution in [0.2, 0.25) is 0 Å². The van der Waals surface area contributed by atoms with Crippen LogP contribution in [0.4, 0.5) is 10.8 Å². The molecule has 8 nitrogen and oxygen atoms in total. The highest BCUT2D eigenvalue weighted by Gasteiger charge is 2.19. The summed E-state index contributed by atoms with van der Waals surface area (Å²) < 4.78 is 5.59. The van der Waals surface area contributed by atoms with Gasteiger partial charge in [0.1, 0.15) is 0 Å². The lowest BCUT2D eigenvalue weighted by Crippen LogP contribution is -2.12. The van der Waals surface area contributed by atoms with Crippen LogP contribution in [0.1, 0.15) is 10.4 Å². The molecule has 0 atom stereocenters. The highest BCUT2D eigenvalue weighted by atomic mass is 32.2. The summed E-state index contributed by atoms with van der Waals surface area (Å²) in [4.78, 5) is 22.5. The summed E-state index contributed by atoms with van der Waals surface area (Å²) in [6.07, 6.45) is 1.74. The Balaban J connectivity index is 2.14. The van der Waals surface area contributed by atoms with Crippen molar-refractivity contribution in [2.75, 3.05) is 18.2 Å². The minimum Gasteiger partial charge on any atom is -0.490 e. The number of nitrogens with one attached hydrogen (secondary N) is 1. The maximum atomic E-state index is 12.2. The molecule has 0 radical (unpaired) electrons. The first-order valence-corrected chi connectivity index (χ1v) is 8.06. The van der Waals surface area contributed by atoms with E-state index in [2.05, 4.69) is 22.1 Å². The van der Waals surface area contributed by atoms with E-state index in [1.54, 1.807) is 6.08 Å². The number of hydrogen-bond donors (Lipinski definition) is 1. The fourth-order valence-electron chi connectivity index (χ4n) is 1.59. The van der Waals surface area contributed by atoms with Gasteiger partial charge in [-0.25, -0.2) is 0 Å². The van der Waals surface area contributed by atoms with E-state index in [1.807, 2.05) is 0 Å². The molecule has 0 aliphatic heterocycles. The van der Waals surface area contributed by atoms with Crippen LogP contribution in [0, 0.1) is 10.1 Å². The number of amides is 1. The maximum absolute atomic E-state index is 12.2. The lowest BCUT2D eigenvalue weighted by molar-refractivity contribution is -0.385. The molecular weight excluding hydrogens is 340 g/mol. The van der Waals surface area contributed by atoms with E-state index in [-0.39, 0.29) is 17.0 Å². The maximum Gasteiger partial charge on any atom is 0.311 e. The van der Waals surface area contributed by atoms with Crippen molar-refractivity contribution in [3.8, 4) is 5.75 Å². The molecule has 2 rings (SSSR count). The lowest BCUT2D eigenvalue weighted by Gasteiger charge is -2.04. The van der Waals surface area contributed by atoms with Crippen molar-refractivity contribution >= 4 is 39.8 Å². The van der Waals surface area contributed by atoms with Crippen LogP contribution in [0.3, 0.4) is 0 Å². The second-order valence-corrected chi connectivity index (χ2v) is 6.32. The minimum absolute atomic E-state index is 0.0885. The first-order chi connectivity index (χ1) is 11.0. The van der Waals surface area contributed by atoms with E-state index in [0.29, 0.717) is 15.2 Å².